The zero-order valence-electron chi connectivity index (χ0n) is 27.4. The molecule has 0 aliphatic heterocycles. The number of hydrogen-bond donors (Lipinski definition) is 1. The maximum Gasteiger partial charge on any atom is 0.159 e. The van der Waals surface area contributed by atoms with Crippen molar-refractivity contribution >= 4 is 16.6 Å². The van der Waals surface area contributed by atoms with Gasteiger partial charge in [0.2, 0.25) is 0 Å². The molecule has 0 spiro atoms. The molecule has 0 saturated heterocycles. The maximum atomic E-state index is 11.2. The van der Waals surface area contributed by atoms with Crippen LogP contribution in [0.4, 0.5) is 0 Å². The number of hydrogen-bond acceptors (Lipinski definition) is 2. The number of aliphatic hydroxyl groups excluding tert-OH is 1. The van der Waals surface area contributed by atoms with Gasteiger partial charge in [0, 0.05) is 39.0 Å². The molecule has 0 atom stereocenters. The van der Waals surface area contributed by atoms with Crippen LogP contribution in [0.5, 0.6) is 0 Å². The van der Waals surface area contributed by atoms with Crippen LogP contribution in [0, 0.1) is 50.7 Å². The summed E-state index contributed by atoms with van der Waals surface area (Å²) in [6.07, 6.45) is 3.52. The first-order chi connectivity index (χ1) is 19.8. The quantitative estimate of drug-likeness (QED) is 0.105. The Bertz CT molecular complexity index is 1500. The molecule has 0 aliphatic carbocycles. The molecule has 0 heterocycles. The molecule has 0 amide bonds. The number of carbonyl (C=O) groups is 1. The van der Waals surface area contributed by atoms with Crippen molar-refractivity contribution in [1.82, 2.24) is 0 Å². The summed E-state index contributed by atoms with van der Waals surface area (Å²) >= 11 is 0. The van der Waals surface area contributed by atoms with Gasteiger partial charge in [0.25, 0.3) is 0 Å². The van der Waals surface area contributed by atoms with Gasteiger partial charge in [-0.1, -0.05) is 103 Å². The summed E-state index contributed by atoms with van der Waals surface area (Å²) in [4.78, 5) is 11.2. The Morgan fingerprint density at radius 2 is 1.33 bits per heavy atom. The van der Waals surface area contributed by atoms with Crippen LogP contribution in [-0.2, 0) is 31.3 Å². The predicted molar refractivity (Wildman–Crippen MR) is 180 cm³/mol. The monoisotopic (exact) mass is 753 g/mol. The molecule has 231 valence electrons. The van der Waals surface area contributed by atoms with Crippen molar-refractivity contribution < 1.29 is 30.0 Å². The molecule has 3 heteroatoms. The summed E-state index contributed by atoms with van der Waals surface area (Å²) in [6, 6.07) is 29.5. The van der Waals surface area contributed by atoms with Gasteiger partial charge in [-0.05, 0) is 42.2 Å². The largest absolute Gasteiger partial charge is 0.512 e. The molecule has 4 rings (SSSR count). The molecule has 0 saturated carbocycles. The molecule has 0 aromatic heterocycles. The topological polar surface area (TPSA) is 37.3 Å². The van der Waals surface area contributed by atoms with Gasteiger partial charge in [0.15, 0.2) is 5.78 Å². The van der Waals surface area contributed by atoms with E-state index in [0.29, 0.717) is 30.6 Å². The number of aryl methyl sites for hydroxylation is 3. The van der Waals surface area contributed by atoms with Gasteiger partial charge in [0.1, 0.15) is 0 Å². The molecule has 0 aliphatic rings. The summed E-state index contributed by atoms with van der Waals surface area (Å²) in [7, 11) is 0. The summed E-state index contributed by atoms with van der Waals surface area (Å²) in [6.45, 7) is 19.0. The number of fused-ring (bicyclic) bond motifs is 1. The van der Waals surface area contributed by atoms with Gasteiger partial charge in [-0.2, -0.15) is 29.8 Å². The predicted octanol–water partition coefficient (Wildman–Crippen LogP) is 11.0. The number of aliphatic hydroxyl groups is 1. The van der Waals surface area contributed by atoms with Crippen molar-refractivity contribution in [1.29, 1.82) is 0 Å². The molecule has 0 unspecified atom stereocenters. The molecule has 43 heavy (non-hydrogen) atoms. The van der Waals surface area contributed by atoms with Gasteiger partial charge in [-0.15, -0.1) is 34.2 Å². The van der Waals surface area contributed by atoms with E-state index in [-0.39, 0.29) is 31.6 Å². The number of rotatable bonds is 9. The number of allylic oxidation sites excluding steroid dienone is 2. The fraction of sp³-hybridized carbons (Fsp3) is 0.375. The fourth-order valence-corrected chi connectivity index (χ4v) is 5.20. The Morgan fingerprint density at radius 3 is 1.91 bits per heavy atom. The zero-order valence-corrected chi connectivity index (χ0v) is 29.8. The first-order valence-corrected chi connectivity index (χ1v) is 15.3. The van der Waals surface area contributed by atoms with Crippen LogP contribution in [-0.4, -0.2) is 10.9 Å². The van der Waals surface area contributed by atoms with E-state index < -0.39 is 0 Å². The van der Waals surface area contributed by atoms with Crippen LogP contribution in [0.15, 0.2) is 72.5 Å². The van der Waals surface area contributed by atoms with E-state index in [2.05, 4.69) is 107 Å². The normalized spacial score (nSPS) is 11.5. The molecule has 0 fully saturated rings. The van der Waals surface area contributed by atoms with Gasteiger partial charge in [-0.25, -0.2) is 5.56 Å². The summed E-state index contributed by atoms with van der Waals surface area (Å²) in [5.41, 5.74) is 9.93. The van der Waals surface area contributed by atoms with Gasteiger partial charge in [0.05, 0.1) is 5.76 Å². The molecule has 2 nitrogen and oxygen atoms in total. The van der Waals surface area contributed by atoms with Crippen LogP contribution in [0.1, 0.15) is 76.6 Å². The SMILES string of the molecule is CC(C)CC(=O)/C=C(\O)CC(C)C.Cc1[c-]c(-c2[c-]c3ccc(-c4ccc(C)cc4)cc3c(CC(C)C)c2)cc(C)c1.[Ir]. The maximum absolute atomic E-state index is 11.2. The van der Waals surface area contributed by atoms with E-state index in [1.807, 2.05) is 27.7 Å². The standard InChI is InChI=1S/C29H28.C11H20O2.Ir/c1-19(2)12-28-17-27(26-14-21(4)13-22(5)15-26)16-25-11-10-24(18-29(25)28)23-8-6-20(3)7-9-23;1-8(2)5-10(12)7-11(13)6-9(3)4;/h6-11,13-14,17-19H,12H2,1-5H3;7-9,12H,5-6H2,1-4H3;/q-2;;/b;10-7-;. The van der Waals surface area contributed by atoms with Crippen LogP contribution in [0.3, 0.4) is 0 Å². The van der Waals surface area contributed by atoms with E-state index in [9.17, 15) is 9.90 Å². The van der Waals surface area contributed by atoms with Crippen LogP contribution >= 0.6 is 0 Å². The Labute approximate surface area is 274 Å². The third kappa shape index (κ3) is 11.5. The van der Waals surface area contributed by atoms with Crippen molar-refractivity contribution in [2.75, 3.05) is 0 Å². The second kappa shape index (κ2) is 16.7. The Hall–Kier alpha value is -3.00. The molecule has 1 N–H and O–H groups in total. The second-order valence-corrected chi connectivity index (χ2v) is 13.0. The van der Waals surface area contributed by atoms with Crippen LogP contribution in [0.2, 0.25) is 0 Å². The molecule has 4 aromatic rings. The number of benzene rings is 4. The van der Waals surface area contributed by atoms with Crippen molar-refractivity contribution in [3.05, 3.63) is 107 Å². The third-order valence-electron chi connectivity index (χ3n) is 6.96. The van der Waals surface area contributed by atoms with Crippen molar-refractivity contribution in [2.24, 2.45) is 17.8 Å². The van der Waals surface area contributed by atoms with Gasteiger partial charge < -0.3 is 5.11 Å². The smallest absolute Gasteiger partial charge is 0.159 e. The van der Waals surface area contributed by atoms with E-state index in [4.69, 9.17) is 0 Å². The molecular weight excluding hydrogens is 705 g/mol. The van der Waals surface area contributed by atoms with Gasteiger partial charge in [-0.3, -0.25) is 4.79 Å². The van der Waals surface area contributed by atoms with Crippen molar-refractivity contribution in [3.63, 3.8) is 0 Å². The first kappa shape index (κ1) is 36.2. The average Bonchev–Trinajstić information content (AvgIpc) is 2.87. The zero-order chi connectivity index (χ0) is 31.0. The molecule has 4 aromatic carbocycles. The average molecular weight is 753 g/mol. The minimum Gasteiger partial charge on any atom is -0.512 e. The minimum absolute atomic E-state index is 0. The van der Waals surface area contributed by atoms with Crippen LogP contribution in [0.25, 0.3) is 33.0 Å². The summed E-state index contributed by atoms with van der Waals surface area (Å²) < 4.78 is 0. The number of ketones is 1. The molecular formula is C40H48IrO2-2. The summed E-state index contributed by atoms with van der Waals surface area (Å²) in [5, 5.41) is 11.8. The Morgan fingerprint density at radius 1 is 0.721 bits per heavy atom. The molecule has 1 radical (unpaired) electrons. The first-order valence-electron chi connectivity index (χ1n) is 15.3. The van der Waals surface area contributed by atoms with E-state index in [1.54, 1.807) is 0 Å². The van der Waals surface area contributed by atoms with Crippen LogP contribution < -0.4 is 0 Å². The van der Waals surface area contributed by atoms with Gasteiger partial charge >= 0.3 is 0 Å². The second-order valence-electron chi connectivity index (χ2n) is 13.0. The fourth-order valence-electron chi connectivity index (χ4n) is 5.20. The van der Waals surface area contributed by atoms with Crippen molar-refractivity contribution in [2.45, 2.75) is 81.6 Å². The van der Waals surface area contributed by atoms with E-state index in [0.717, 1.165) is 17.5 Å². The molecule has 0 bridgehead atoms. The summed E-state index contributed by atoms with van der Waals surface area (Å²) in [5.74, 6) is 1.58. The van der Waals surface area contributed by atoms with Crippen molar-refractivity contribution in [3.8, 4) is 22.3 Å². The third-order valence-corrected chi connectivity index (χ3v) is 6.96. The van der Waals surface area contributed by atoms with E-state index in [1.165, 1.54) is 50.2 Å². The Kier molecular flexibility index (Phi) is 14.1. The minimum atomic E-state index is 0. The number of carbonyl (C=O) groups excluding carboxylic acids is 1. The van der Waals surface area contributed by atoms with E-state index >= 15 is 0 Å². The Balaban J connectivity index is 0.000000394.